The van der Waals surface area contributed by atoms with E-state index in [1.807, 2.05) is 7.05 Å². The van der Waals surface area contributed by atoms with Crippen molar-refractivity contribution in [1.82, 2.24) is 9.78 Å². The summed E-state index contributed by atoms with van der Waals surface area (Å²) in [6.45, 7) is 0. The van der Waals surface area contributed by atoms with Gasteiger partial charge in [0.2, 0.25) is 6.01 Å². The first-order chi connectivity index (χ1) is 10.7. The van der Waals surface area contributed by atoms with Gasteiger partial charge < -0.3 is 9.84 Å². The molecule has 0 atom stereocenters. The highest BCUT2D eigenvalue weighted by Crippen LogP contribution is 2.73. The Morgan fingerprint density at radius 1 is 1.00 bits per heavy atom. The fourth-order valence-electron chi connectivity index (χ4n) is 5.71. The Morgan fingerprint density at radius 3 is 1.95 bits per heavy atom. The van der Waals surface area contributed by atoms with Crippen LogP contribution in [-0.4, -0.2) is 15.4 Å². The second kappa shape index (κ2) is 3.46. The first-order valence-electron chi connectivity index (χ1n) is 9.05. The molecule has 2 heterocycles. The lowest BCUT2D eigenvalue weighted by molar-refractivity contribution is -0.719. The van der Waals surface area contributed by atoms with E-state index in [1.165, 1.54) is 51.4 Å². The maximum atomic E-state index is 12.2. The van der Waals surface area contributed by atoms with Crippen LogP contribution in [0, 0.1) is 23.7 Å². The van der Waals surface area contributed by atoms with E-state index in [4.69, 9.17) is 4.74 Å². The van der Waals surface area contributed by atoms with Crippen LogP contribution < -0.4 is 14.4 Å². The minimum absolute atomic E-state index is 0.00505. The molecule has 0 aromatic carbocycles. The SMILES string of the molecule is C[n+]1c([O-])nn2c1OC(C1CC1)(C1CC1)C2(C1CC1)C1CC1. The van der Waals surface area contributed by atoms with Crippen molar-refractivity contribution in [2.75, 3.05) is 0 Å². The molecule has 1 aliphatic heterocycles. The zero-order valence-corrected chi connectivity index (χ0v) is 13.1. The van der Waals surface area contributed by atoms with Crippen LogP contribution in [0.3, 0.4) is 0 Å². The molecule has 4 saturated carbocycles. The summed E-state index contributed by atoms with van der Waals surface area (Å²) in [4.78, 5) is 0. The number of rotatable bonds is 4. The maximum absolute atomic E-state index is 12.2. The number of hydrogen-bond donors (Lipinski definition) is 0. The molecule has 0 unspecified atom stereocenters. The third-order valence-electron chi connectivity index (χ3n) is 6.94. The number of ether oxygens (including phenoxy) is 1. The Labute approximate surface area is 130 Å². The van der Waals surface area contributed by atoms with Gasteiger partial charge in [-0.25, -0.2) is 4.57 Å². The van der Waals surface area contributed by atoms with Crippen molar-refractivity contribution in [2.45, 2.75) is 62.5 Å². The molecule has 118 valence electrons. The van der Waals surface area contributed by atoms with Crippen LogP contribution in [0.2, 0.25) is 0 Å². The monoisotopic (exact) mass is 301 g/mol. The molecule has 1 aromatic heterocycles. The van der Waals surface area contributed by atoms with Gasteiger partial charge in [0.05, 0.1) is 7.05 Å². The van der Waals surface area contributed by atoms with Crippen LogP contribution in [0.1, 0.15) is 51.4 Å². The smallest absolute Gasteiger partial charge is 0.432 e. The molecule has 1 aromatic rings. The van der Waals surface area contributed by atoms with Gasteiger partial charge in [-0.2, -0.15) is 0 Å². The van der Waals surface area contributed by atoms with Crippen molar-refractivity contribution >= 4 is 0 Å². The zero-order valence-electron chi connectivity index (χ0n) is 13.1. The summed E-state index contributed by atoms with van der Waals surface area (Å²) in [5.41, 5.74) is -0.0335. The predicted molar refractivity (Wildman–Crippen MR) is 75.1 cm³/mol. The molecule has 5 aliphatic rings. The van der Waals surface area contributed by atoms with E-state index < -0.39 is 0 Å². The minimum atomic E-state index is -0.152. The van der Waals surface area contributed by atoms with Crippen LogP contribution in [0.15, 0.2) is 0 Å². The molecule has 6 rings (SSSR count). The van der Waals surface area contributed by atoms with E-state index in [0.717, 1.165) is 6.01 Å². The molecule has 4 fully saturated rings. The fourth-order valence-corrected chi connectivity index (χ4v) is 5.71. The van der Waals surface area contributed by atoms with E-state index in [0.29, 0.717) is 23.7 Å². The average Bonchev–Trinajstić information content (AvgIpc) is 3.35. The lowest BCUT2D eigenvalue weighted by atomic mass is 9.67. The van der Waals surface area contributed by atoms with Crippen molar-refractivity contribution in [3.8, 4) is 12.0 Å². The highest BCUT2D eigenvalue weighted by atomic mass is 16.5. The van der Waals surface area contributed by atoms with Crippen molar-refractivity contribution in [1.29, 1.82) is 0 Å². The Morgan fingerprint density at radius 2 is 1.50 bits per heavy atom. The summed E-state index contributed by atoms with van der Waals surface area (Å²) in [6, 6.07) is 0.600. The molecule has 5 heteroatoms. The molecule has 0 radical (unpaired) electrons. The Hall–Kier alpha value is -1.26. The Kier molecular flexibility index (Phi) is 1.92. The van der Waals surface area contributed by atoms with E-state index in [2.05, 4.69) is 9.78 Å². The van der Waals surface area contributed by atoms with Gasteiger partial charge in [0.15, 0.2) is 11.1 Å². The molecular weight excluding hydrogens is 278 g/mol. The number of fused-ring (bicyclic) bond motifs is 1. The molecule has 0 bridgehead atoms. The van der Waals surface area contributed by atoms with Gasteiger partial charge >= 0.3 is 6.01 Å². The van der Waals surface area contributed by atoms with Gasteiger partial charge in [-0.1, -0.05) is 4.68 Å². The minimum Gasteiger partial charge on any atom is -0.818 e. The quantitative estimate of drug-likeness (QED) is 0.787. The lowest BCUT2D eigenvalue weighted by Gasteiger charge is -2.42. The molecule has 5 nitrogen and oxygen atoms in total. The average molecular weight is 301 g/mol. The van der Waals surface area contributed by atoms with E-state index in [9.17, 15) is 5.11 Å². The molecule has 0 N–H and O–H groups in total. The van der Waals surface area contributed by atoms with Crippen LogP contribution in [0.25, 0.3) is 0 Å². The second-order valence-corrected chi connectivity index (χ2v) is 8.35. The Balaban J connectivity index is 1.64. The number of aromatic nitrogens is 3. The van der Waals surface area contributed by atoms with Crippen LogP contribution >= 0.6 is 0 Å². The van der Waals surface area contributed by atoms with Gasteiger partial charge in [0.25, 0.3) is 0 Å². The van der Waals surface area contributed by atoms with Crippen molar-refractivity contribution < 1.29 is 14.4 Å². The summed E-state index contributed by atoms with van der Waals surface area (Å²) in [6.07, 6.45) is 10.4. The van der Waals surface area contributed by atoms with Crippen LogP contribution in [-0.2, 0) is 12.6 Å². The maximum Gasteiger partial charge on any atom is 0.432 e. The highest BCUT2D eigenvalue weighted by molar-refractivity contribution is 5.30. The number of nitrogens with zero attached hydrogens (tertiary/aromatic N) is 3. The fraction of sp³-hybridized carbons (Fsp3) is 0.882. The Bertz CT molecular complexity index is 642. The van der Waals surface area contributed by atoms with Crippen LogP contribution in [0.4, 0.5) is 0 Å². The van der Waals surface area contributed by atoms with Gasteiger partial charge in [-0.05, 0) is 51.4 Å². The molecule has 4 aliphatic carbocycles. The van der Waals surface area contributed by atoms with Gasteiger partial charge in [0.1, 0.15) is 0 Å². The van der Waals surface area contributed by atoms with Crippen molar-refractivity contribution in [3.05, 3.63) is 0 Å². The summed E-state index contributed by atoms with van der Waals surface area (Å²) < 4.78 is 10.5. The standard InChI is InChI=1S/C17H23N3O2/c1-19-14(21)18-20-15(19)22-17(12-6-7-12,13-8-9-13)16(20,10-2-3-10)11-4-5-11/h10-13H,2-9H2,1H3. The first kappa shape index (κ1) is 12.2. The lowest BCUT2D eigenvalue weighted by Crippen LogP contribution is -2.61. The first-order valence-corrected chi connectivity index (χ1v) is 9.05. The molecule has 0 saturated heterocycles. The highest BCUT2D eigenvalue weighted by Gasteiger charge is 2.82. The molecule has 0 spiro atoms. The van der Waals surface area contributed by atoms with E-state index in [-0.39, 0.29) is 17.2 Å². The molecular formula is C17H23N3O2. The largest absolute Gasteiger partial charge is 0.818 e. The van der Waals surface area contributed by atoms with Crippen LogP contribution in [0.5, 0.6) is 12.0 Å². The topological polar surface area (TPSA) is 54.0 Å². The summed E-state index contributed by atoms with van der Waals surface area (Å²) in [7, 11) is 1.82. The summed E-state index contributed by atoms with van der Waals surface area (Å²) in [5, 5.41) is 16.6. The molecule has 0 amide bonds. The van der Waals surface area contributed by atoms with Crippen molar-refractivity contribution in [3.63, 3.8) is 0 Å². The normalized spacial score (nSPS) is 31.9. The summed E-state index contributed by atoms with van der Waals surface area (Å²) >= 11 is 0. The second-order valence-electron chi connectivity index (χ2n) is 8.35. The molecule has 22 heavy (non-hydrogen) atoms. The van der Waals surface area contributed by atoms with E-state index in [1.54, 1.807) is 4.57 Å². The zero-order chi connectivity index (χ0) is 14.7. The summed E-state index contributed by atoms with van der Waals surface area (Å²) in [5.74, 6) is 2.75. The van der Waals surface area contributed by atoms with Crippen molar-refractivity contribution in [2.24, 2.45) is 30.7 Å². The predicted octanol–water partition coefficient (Wildman–Crippen LogP) is 1.25. The van der Waals surface area contributed by atoms with E-state index >= 15 is 0 Å². The van der Waals surface area contributed by atoms with Gasteiger partial charge in [0, 0.05) is 28.8 Å². The third kappa shape index (κ3) is 1.18. The van der Waals surface area contributed by atoms with Gasteiger partial charge in [-0.3, -0.25) is 0 Å². The van der Waals surface area contributed by atoms with Gasteiger partial charge in [-0.15, -0.1) is 0 Å². The number of hydrogen-bond acceptors (Lipinski definition) is 3. The third-order valence-corrected chi connectivity index (χ3v) is 6.94.